The molecule has 0 aliphatic rings. The van der Waals surface area contributed by atoms with Crippen LogP contribution in [0.3, 0.4) is 0 Å². The van der Waals surface area contributed by atoms with Crippen molar-refractivity contribution < 1.29 is 14.3 Å². The number of pyridine rings is 1. The predicted molar refractivity (Wildman–Crippen MR) is 69.7 cm³/mol. The Labute approximate surface area is 107 Å². The number of carbonyl (C=O) groups excluding carboxylic acids is 1. The van der Waals surface area contributed by atoms with Crippen LogP contribution in [0.2, 0.25) is 0 Å². The number of hydrogen-bond donors (Lipinski definition) is 1. The summed E-state index contributed by atoms with van der Waals surface area (Å²) in [7, 11) is 1.61. The van der Waals surface area contributed by atoms with Crippen LogP contribution in [0.15, 0.2) is 30.0 Å². The summed E-state index contributed by atoms with van der Waals surface area (Å²) in [5.74, 6) is 0.345. The van der Waals surface area contributed by atoms with E-state index in [-0.39, 0.29) is 5.91 Å². The van der Waals surface area contributed by atoms with Crippen molar-refractivity contribution in [2.45, 2.75) is 13.8 Å². The molecule has 0 unspecified atom stereocenters. The van der Waals surface area contributed by atoms with Crippen molar-refractivity contribution >= 4 is 11.6 Å². The van der Waals surface area contributed by atoms with Crippen molar-refractivity contribution in [2.75, 3.05) is 25.6 Å². The van der Waals surface area contributed by atoms with Gasteiger partial charge in [0.2, 0.25) is 11.8 Å². The third-order valence-corrected chi connectivity index (χ3v) is 1.96. The van der Waals surface area contributed by atoms with Gasteiger partial charge in [-0.1, -0.05) is 5.57 Å². The van der Waals surface area contributed by atoms with Crippen LogP contribution in [0, 0.1) is 0 Å². The molecule has 1 aromatic heterocycles. The highest BCUT2D eigenvalue weighted by Gasteiger charge is 2.00. The second-order valence-electron chi connectivity index (χ2n) is 3.94. The SMILES string of the molecule is COCCOc1ccc(NC(=O)C=C(C)C)cn1. The second kappa shape index (κ2) is 7.45. The van der Waals surface area contributed by atoms with E-state index in [0.717, 1.165) is 5.57 Å². The summed E-state index contributed by atoms with van der Waals surface area (Å²) < 4.78 is 10.2. The van der Waals surface area contributed by atoms with Crippen LogP contribution in [0.5, 0.6) is 5.88 Å². The highest BCUT2D eigenvalue weighted by molar-refractivity contribution is 5.99. The number of ether oxygens (including phenoxy) is 2. The average Bonchev–Trinajstić information content (AvgIpc) is 2.30. The van der Waals surface area contributed by atoms with Gasteiger partial charge in [0.1, 0.15) is 6.61 Å². The summed E-state index contributed by atoms with van der Waals surface area (Å²) in [6.45, 7) is 4.70. The molecule has 0 aliphatic heterocycles. The van der Waals surface area contributed by atoms with Crippen LogP contribution < -0.4 is 10.1 Å². The zero-order valence-corrected chi connectivity index (χ0v) is 10.9. The standard InChI is InChI=1S/C13H18N2O3/c1-10(2)8-12(16)15-11-4-5-13(14-9-11)18-7-6-17-3/h4-5,8-9H,6-7H2,1-3H3,(H,15,16). The Morgan fingerprint density at radius 3 is 2.72 bits per heavy atom. The highest BCUT2D eigenvalue weighted by Crippen LogP contribution is 2.11. The van der Waals surface area contributed by atoms with Gasteiger partial charge in [0.25, 0.3) is 0 Å². The largest absolute Gasteiger partial charge is 0.475 e. The first-order valence-electron chi connectivity index (χ1n) is 5.65. The predicted octanol–water partition coefficient (Wildman–Crippen LogP) is 2.01. The molecule has 5 heteroatoms. The maximum atomic E-state index is 11.5. The third kappa shape index (κ3) is 5.45. The van der Waals surface area contributed by atoms with Gasteiger partial charge >= 0.3 is 0 Å². The molecule has 1 amide bonds. The average molecular weight is 250 g/mol. The monoisotopic (exact) mass is 250 g/mol. The normalized spacial score (nSPS) is 9.72. The zero-order chi connectivity index (χ0) is 13.4. The molecule has 98 valence electrons. The maximum absolute atomic E-state index is 11.5. The van der Waals surface area contributed by atoms with E-state index < -0.39 is 0 Å². The van der Waals surface area contributed by atoms with Gasteiger partial charge in [-0.15, -0.1) is 0 Å². The number of anilines is 1. The molecule has 1 heterocycles. The van der Waals surface area contributed by atoms with E-state index >= 15 is 0 Å². The van der Waals surface area contributed by atoms with Crippen molar-refractivity contribution in [3.63, 3.8) is 0 Å². The fraction of sp³-hybridized carbons (Fsp3) is 0.385. The molecule has 0 bridgehead atoms. The van der Waals surface area contributed by atoms with Gasteiger partial charge in [0.15, 0.2) is 0 Å². The van der Waals surface area contributed by atoms with Crippen molar-refractivity contribution in [3.05, 3.63) is 30.0 Å². The fourth-order valence-electron chi connectivity index (χ4n) is 1.21. The van der Waals surface area contributed by atoms with E-state index in [4.69, 9.17) is 9.47 Å². The number of methoxy groups -OCH3 is 1. The lowest BCUT2D eigenvalue weighted by Gasteiger charge is -2.06. The topological polar surface area (TPSA) is 60.5 Å². The molecule has 0 aliphatic carbocycles. The van der Waals surface area contributed by atoms with Gasteiger partial charge in [-0.05, 0) is 19.9 Å². The number of nitrogens with one attached hydrogen (secondary N) is 1. The van der Waals surface area contributed by atoms with Gasteiger partial charge < -0.3 is 14.8 Å². The minimum atomic E-state index is -0.162. The van der Waals surface area contributed by atoms with Crippen LogP contribution >= 0.6 is 0 Å². The van der Waals surface area contributed by atoms with Crippen LogP contribution in [-0.2, 0) is 9.53 Å². The van der Waals surface area contributed by atoms with Crippen molar-refractivity contribution in [3.8, 4) is 5.88 Å². The lowest BCUT2D eigenvalue weighted by molar-refractivity contribution is -0.111. The summed E-state index contributed by atoms with van der Waals surface area (Å²) in [4.78, 5) is 15.5. The van der Waals surface area contributed by atoms with E-state index in [1.807, 2.05) is 13.8 Å². The van der Waals surface area contributed by atoms with Gasteiger partial charge in [-0.2, -0.15) is 0 Å². The maximum Gasteiger partial charge on any atom is 0.248 e. The lowest BCUT2D eigenvalue weighted by atomic mass is 10.3. The van der Waals surface area contributed by atoms with Crippen LogP contribution in [0.4, 0.5) is 5.69 Å². The van der Waals surface area contributed by atoms with E-state index in [1.165, 1.54) is 6.08 Å². The quantitative estimate of drug-likeness (QED) is 0.619. The van der Waals surface area contributed by atoms with Crippen LogP contribution in [-0.4, -0.2) is 31.2 Å². The molecule has 0 saturated carbocycles. The smallest absolute Gasteiger partial charge is 0.248 e. The Hall–Kier alpha value is -1.88. The second-order valence-corrected chi connectivity index (χ2v) is 3.94. The molecule has 0 spiro atoms. The number of hydrogen-bond acceptors (Lipinski definition) is 4. The first-order chi connectivity index (χ1) is 8.61. The third-order valence-electron chi connectivity index (χ3n) is 1.96. The summed E-state index contributed by atoms with van der Waals surface area (Å²) in [6, 6.07) is 3.44. The summed E-state index contributed by atoms with van der Waals surface area (Å²) >= 11 is 0. The highest BCUT2D eigenvalue weighted by atomic mass is 16.5. The first kappa shape index (κ1) is 14.2. The molecule has 0 fully saturated rings. The van der Waals surface area contributed by atoms with Crippen molar-refractivity contribution in [1.82, 2.24) is 4.98 Å². The number of carbonyl (C=O) groups is 1. The van der Waals surface area contributed by atoms with E-state index in [1.54, 1.807) is 25.4 Å². The Balaban J connectivity index is 2.50. The van der Waals surface area contributed by atoms with Crippen LogP contribution in [0.1, 0.15) is 13.8 Å². The molecule has 5 nitrogen and oxygen atoms in total. The Morgan fingerprint density at radius 1 is 1.39 bits per heavy atom. The molecule has 1 rings (SSSR count). The molecule has 0 atom stereocenters. The molecular weight excluding hydrogens is 232 g/mol. The number of nitrogens with zero attached hydrogens (tertiary/aromatic N) is 1. The molecule has 0 radical (unpaired) electrons. The van der Waals surface area contributed by atoms with E-state index in [0.29, 0.717) is 24.8 Å². The lowest BCUT2D eigenvalue weighted by Crippen LogP contribution is -2.09. The summed E-state index contributed by atoms with van der Waals surface area (Å²) in [5.41, 5.74) is 1.58. The van der Waals surface area contributed by atoms with Crippen LogP contribution in [0.25, 0.3) is 0 Å². The minimum absolute atomic E-state index is 0.162. The Bertz CT molecular complexity index is 409. The molecule has 1 aromatic rings. The number of aromatic nitrogens is 1. The van der Waals surface area contributed by atoms with Crippen molar-refractivity contribution in [1.29, 1.82) is 0 Å². The first-order valence-corrected chi connectivity index (χ1v) is 5.65. The van der Waals surface area contributed by atoms with E-state index in [2.05, 4.69) is 10.3 Å². The van der Waals surface area contributed by atoms with Crippen molar-refractivity contribution in [2.24, 2.45) is 0 Å². The zero-order valence-electron chi connectivity index (χ0n) is 10.9. The molecular formula is C13H18N2O3. The number of allylic oxidation sites excluding steroid dienone is 1. The fourth-order valence-corrected chi connectivity index (χ4v) is 1.21. The summed E-state index contributed by atoms with van der Waals surface area (Å²) in [6.07, 6.45) is 3.09. The summed E-state index contributed by atoms with van der Waals surface area (Å²) in [5, 5.41) is 2.71. The number of rotatable bonds is 6. The molecule has 18 heavy (non-hydrogen) atoms. The van der Waals surface area contributed by atoms with Gasteiger partial charge in [0.05, 0.1) is 18.5 Å². The molecule has 0 saturated heterocycles. The Kier molecular flexibility index (Phi) is 5.87. The van der Waals surface area contributed by atoms with Gasteiger partial charge in [-0.3, -0.25) is 4.79 Å². The number of amides is 1. The van der Waals surface area contributed by atoms with E-state index in [9.17, 15) is 4.79 Å². The molecule has 0 aromatic carbocycles. The molecule has 1 N–H and O–H groups in total. The Morgan fingerprint density at radius 2 is 2.17 bits per heavy atom. The minimum Gasteiger partial charge on any atom is -0.475 e. The van der Waals surface area contributed by atoms with Gasteiger partial charge in [0, 0.05) is 19.3 Å². The van der Waals surface area contributed by atoms with Gasteiger partial charge in [-0.25, -0.2) is 4.98 Å².